The van der Waals surface area contributed by atoms with Crippen molar-refractivity contribution in [3.05, 3.63) is 59.9 Å². The van der Waals surface area contributed by atoms with E-state index in [1.165, 1.54) is 12.1 Å². The number of anilines is 2. The van der Waals surface area contributed by atoms with Crippen molar-refractivity contribution in [2.75, 3.05) is 36.4 Å². The number of aromatic nitrogens is 2. The molecule has 1 aliphatic heterocycles. The van der Waals surface area contributed by atoms with Crippen LogP contribution in [0, 0.1) is 23.1 Å². The minimum atomic E-state index is -0.565. The summed E-state index contributed by atoms with van der Waals surface area (Å²) >= 11 is 0. The number of nitrogens with two attached hydrogens (primary N) is 1. The van der Waals surface area contributed by atoms with Gasteiger partial charge in [-0.25, -0.2) is 9.07 Å². The predicted octanol–water partition coefficient (Wildman–Crippen LogP) is 3.42. The maximum absolute atomic E-state index is 14.3. The Balaban J connectivity index is 1.43. The summed E-state index contributed by atoms with van der Waals surface area (Å²) in [6, 6.07) is 16.5. The molecular formula is C27H30FN7O. The smallest absolute Gasteiger partial charge is 0.239 e. The van der Waals surface area contributed by atoms with Crippen LogP contribution < -0.4 is 21.3 Å². The molecule has 1 aromatic heterocycles. The van der Waals surface area contributed by atoms with Crippen molar-refractivity contribution in [1.29, 1.82) is 5.26 Å². The van der Waals surface area contributed by atoms with Crippen LogP contribution in [-0.4, -0.2) is 47.9 Å². The van der Waals surface area contributed by atoms with Crippen molar-refractivity contribution in [1.82, 2.24) is 15.1 Å². The molecule has 0 unspecified atom stereocenters. The molecule has 9 heteroatoms. The summed E-state index contributed by atoms with van der Waals surface area (Å²) in [7, 11) is 0. The van der Waals surface area contributed by atoms with E-state index in [0.717, 1.165) is 56.0 Å². The first-order valence-electron chi connectivity index (χ1n) is 12.4. The van der Waals surface area contributed by atoms with E-state index in [0.29, 0.717) is 30.3 Å². The molecule has 4 N–H and O–H groups in total. The van der Waals surface area contributed by atoms with Crippen LogP contribution >= 0.6 is 0 Å². The number of carbonyl (C=O) groups excluding carboxylic acids is 1. The van der Waals surface area contributed by atoms with Crippen LogP contribution in [0.5, 0.6) is 0 Å². The lowest BCUT2D eigenvalue weighted by Gasteiger charge is -2.28. The van der Waals surface area contributed by atoms with Gasteiger partial charge in [0, 0.05) is 43.0 Å². The number of piperazine rings is 1. The van der Waals surface area contributed by atoms with Crippen molar-refractivity contribution in [3.63, 3.8) is 0 Å². The largest absolute Gasteiger partial charge is 0.370 e. The lowest BCUT2D eigenvalue weighted by atomic mass is 9.86. The molecule has 8 nitrogen and oxygen atoms in total. The number of nitrogens with one attached hydrogen (secondary N) is 2. The fourth-order valence-electron chi connectivity index (χ4n) is 5.04. The maximum atomic E-state index is 14.3. The highest BCUT2D eigenvalue weighted by molar-refractivity contribution is 5.82. The molecule has 3 aromatic rings. The molecule has 0 bridgehead atoms. The molecule has 2 aromatic carbocycles. The van der Waals surface area contributed by atoms with Gasteiger partial charge < -0.3 is 21.3 Å². The molecule has 5 rings (SSSR count). The van der Waals surface area contributed by atoms with Crippen molar-refractivity contribution < 1.29 is 9.18 Å². The molecule has 1 aliphatic carbocycles. The topological polar surface area (TPSA) is 112 Å². The summed E-state index contributed by atoms with van der Waals surface area (Å²) < 4.78 is 16.1. The standard InChI is InChI=1S/C27H30FN7O/c28-24-13-19(4-5-20(24)15-29)25-14-26(32-16-18-2-1-3-21(30)12-18)35(33-25)23-8-6-22(7-9-23)34-11-10-31-27(36)17-34/h4-9,13-14,18,21,32H,1-3,10-12,16-17,30H2,(H,31,36)/t18-,21-/m0/s1. The average molecular weight is 488 g/mol. The summed E-state index contributed by atoms with van der Waals surface area (Å²) in [6.45, 7) is 2.51. The van der Waals surface area contributed by atoms with Gasteiger partial charge in [0.1, 0.15) is 17.7 Å². The van der Waals surface area contributed by atoms with Crippen molar-refractivity contribution in [2.45, 2.75) is 31.7 Å². The SMILES string of the molecule is N#Cc1ccc(-c2cc(NC[C@H]3CCC[C@H](N)C3)n(-c3ccc(N4CCNC(=O)C4)cc3)n2)cc1F. The Morgan fingerprint density at radius 1 is 1.17 bits per heavy atom. The first-order valence-corrected chi connectivity index (χ1v) is 12.4. The van der Waals surface area contributed by atoms with Crippen molar-refractivity contribution in [2.24, 2.45) is 11.7 Å². The second-order valence-electron chi connectivity index (χ2n) is 9.59. The van der Waals surface area contributed by atoms with Crippen LogP contribution in [0.3, 0.4) is 0 Å². The lowest BCUT2D eigenvalue weighted by molar-refractivity contribution is -0.120. The summed E-state index contributed by atoms with van der Waals surface area (Å²) in [4.78, 5) is 13.8. The quantitative estimate of drug-likeness (QED) is 0.491. The zero-order valence-electron chi connectivity index (χ0n) is 20.1. The Morgan fingerprint density at radius 3 is 2.69 bits per heavy atom. The first kappa shape index (κ1) is 23.8. The highest BCUT2D eigenvalue weighted by Crippen LogP contribution is 2.29. The van der Waals surface area contributed by atoms with Gasteiger partial charge in [0.2, 0.25) is 5.91 Å². The fraction of sp³-hybridized carbons (Fsp3) is 0.370. The third kappa shape index (κ3) is 5.19. The second-order valence-corrected chi connectivity index (χ2v) is 9.59. The van der Waals surface area contributed by atoms with Crippen LogP contribution in [0.2, 0.25) is 0 Å². The summed E-state index contributed by atoms with van der Waals surface area (Å²) in [5.41, 5.74) is 9.22. The predicted molar refractivity (Wildman–Crippen MR) is 137 cm³/mol. The van der Waals surface area contributed by atoms with E-state index in [2.05, 4.69) is 10.6 Å². The number of halogens is 1. The van der Waals surface area contributed by atoms with E-state index in [1.807, 2.05) is 46.0 Å². The Bertz CT molecular complexity index is 1280. The first-order chi connectivity index (χ1) is 17.5. The van der Waals surface area contributed by atoms with Gasteiger partial charge in [-0.2, -0.15) is 10.4 Å². The molecule has 2 aliphatic rings. The molecule has 1 saturated heterocycles. The van der Waals surface area contributed by atoms with E-state index in [4.69, 9.17) is 16.1 Å². The number of hydrogen-bond acceptors (Lipinski definition) is 6. The summed E-state index contributed by atoms with van der Waals surface area (Å²) in [5.74, 6) is 0.746. The van der Waals surface area contributed by atoms with E-state index in [1.54, 1.807) is 6.07 Å². The van der Waals surface area contributed by atoms with Crippen molar-refractivity contribution in [3.8, 4) is 23.0 Å². The van der Waals surface area contributed by atoms with E-state index in [9.17, 15) is 9.18 Å². The van der Waals surface area contributed by atoms with Gasteiger partial charge >= 0.3 is 0 Å². The number of nitrogens with zero attached hydrogens (tertiary/aromatic N) is 4. The molecule has 2 fully saturated rings. The minimum absolute atomic E-state index is 0.00662. The van der Waals surface area contributed by atoms with E-state index in [-0.39, 0.29) is 17.5 Å². The zero-order chi connectivity index (χ0) is 25.1. The average Bonchev–Trinajstić information content (AvgIpc) is 3.32. The lowest BCUT2D eigenvalue weighted by Crippen LogP contribution is -2.47. The van der Waals surface area contributed by atoms with Crippen LogP contribution in [0.4, 0.5) is 15.9 Å². The van der Waals surface area contributed by atoms with E-state index >= 15 is 0 Å². The Morgan fingerprint density at radius 2 is 1.97 bits per heavy atom. The number of nitriles is 1. The number of carbonyl (C=O) groups is 1. The Labute approximate surface area is 209 Å². The maximum Gasteiger partial charge on any atom is 0.239 e. The monoisotopic (exact) mass is 487 g/mol. The van der Waals surface area contributed by atoms with Gasteiger partial charge in [0.25, 0.3) is 0 Å². The molecule has 2 heterocycles. The minimum Gasteiger partial charge on any atom is -0.370 e. The van der Waals surface area contributed by atoms with Crippen molar-refractivity contribution >= 4 is 17.4 Å². The van der Waals surface area contributed by atoms with Gasteiger partial charge in [0.05, 0.1) is 23.5 Å². The third-order valence-electron chi connectivity index (χ3n) is 6.99. The normalized spacial score (nSPS) is 20.0. The molecule has 2 atom stereocenters. The van der Waals surface area contributed by atoms with Crippen LogP contribution in [0.1, 0.15) is 31.2 Å². The summed E-state index contributed by atoms with van der Waals surface area (Å²) in [5, 5.41) is 20.2. The van der Waals surface area contributed by atoms with Gasteiger partial charge in [-0.05, 0) is 61.6 Å². The van der Waals surface area contributed by atoms with Crippen LogP contribution in [-0.2, 0) is 4.79 Å². The molecule has 1 amide bonds. The number of hydrogen-bond donors (Lipinski definition) is 3. The van der Waals surface area contributed by atoms with E-state index < -0.39 is 5.82 Å². The summed E-state index contributed by atoms with van der Waals surface area (Å²) in [6.07, 6.45) is 4.35. The molecule has 186 valence electrons. The molecule has 0 spiro atoms. The molecular weight excluding hydrogens is 457 g/mol. The van der Waals surface area contributed by atoms with Gasteiger partial charge in [-0.1, -0.05) is 12.5 Å². The van der Waals surface area contributed by atoms with Crippen LogP contribution in [0.25, 0.3) is 16.9 Å². The zero-order valence-corrected chi connectivity index (χ0v) is 20.1. The number of benzene rings is 2. The number of rotatable bonds is 6. The second kappa shape index (κ2) is 10.4. The molecule has 36 heavy (non-hydrogen) atoms. The molecule has 1 saturated carbocycles. The number of amides is 1. The van der Waals surface area contributed by atoms with Gasteiger partial charge in [-0.3, -0.25) is 4.79 Å². The van der Waals surface area contributed by atoms with Crippen LogP contribution in [0.15, 0.2) is 48.5 Å². The van der Waals surface area contributed by atoms with Gasteiger partial charge in [-0.15, -0.1) is 0 Å². The Kier molecular flexibility index (Phi) is 6.87. The highest BCUT2D eigenvalue weighted by atomic mass is 19.1. The highest BCUT2D eigenvalue weighted by Gasteiger charge is 2.21. The third-order valence-corrected chi connectivity index (χ3v) is 6.99. The Hall–Kier alpha value is -3.90. The van der Waals surface area contributed by atoms with Gasteiger partial charge in [0.15, 0.2) is 0 Å². The molecule has 0 radical (unpaired) electrons. The fourth-order valence-corrected chi connectivity index (χ4v) is 5.04.